The van der Waals surface area contributed by atoms with Crippen molar-refractivity contribution in [1.29, 1.82) is 0 Å². The maximum absolute atomic E-state index is 14.3. The van der Waals surface area contributed by atoms with Crippen LogP contribution in [-0.4, -0.2) is 67.2 Å². The van der Waals surface area contributed by atoms with E-state index in [9.17, 15) is 19.1 Å². The van der Waals surface area contributed by atoms with Gasteiger partial charge in [-0.3, -0.25) is 9.78 Å². The van der Waals surface area contributed by atoms with Gasteiger partial charge in [-0.15, -0.1) is 0 Å². The van der Waals surface area contributed by atoms with E-state index in [0.29, 0.717) is 12.8 Å². The molecule has 50 heavy (non-hydrogen) atoms. The summed E-state index contributed by atoms with van der Waals surface area (Å²) in [4.78, 5) is 33.4. The predicted octanol–water partition coefficient (Wildman–Crippen LogP) is 5.79. The Hall–Kier alpha value is -4.16. The molecule has 0 aliphatic carbocycles. The molecule has 1 aliphatic rings. The number of aryl methyl sites for hydroxylation is 2. The number of benzene rings is 2. The first-order valence-corrected chi connectivity index (χ1v) is 19.2. The quantitative estimate of drug-likeness (QED) is 0.104. The first-order valence-electron chi connectivity index (χ1n) is 16.9. The fourth-order valence-corrected chi connectivity index (χ4v) is 11.4. The van der Waals surface area contributed by atoms with E-state index < -0.39 is 37.6 Å². The van der Waals surface area contributed by atoms with E-state index >= 15 is 0 Å². The number of halogens is 2. The first kappa shape index (κ1) is 37.1. The SMILES string of the molecule is CC(C)(C)[Si](OC(CCc1ccc2c(n1)NCCC2)COCCC(NC(=O)c1c(F)cncc1Cl)C(=O)O)(c1ccccc1)c1ccccc1. The summed E-state index contributed by atoms with van der Waals surface area (Å²) in [5.41, 5.74) is 1.71. The van der Waals surface area contributed by atoms with Crippen LogP contribution in [-0.2, 0) is 26.8 Å². The number of nitrogens with zero attached hydrogens (tertiary/aromatic N) is 2. The van der Waals surface area contributed by atoms with Crippen molar-refractivity contribution in [3.8, 4) is 0 Å². The number of rotatable bonds is 15. The molecule has 0 saturated heterocycles. The largest absolute Gasteiger partial charge is 0.480 e. The molecule has 2 aromatic heterocycles. The molecule has 12 heteroatoms. The van der Waals surface area contributed by atoms with Gasteiger partial charge < -0.3 is 24.9 Å². The van der Waals surface area contributed by atoms with Gasteiger partial charge in [-0.1, -0.05) is 99.1 Å². The summed E-state index contributed by atoms with van der Waals surface area (Å²) in [6.07, 6.45) is 4.88. The molecular formula is C38H44ClFN4O5Si. The van der Waals surface area contributed by atoms with Crippen molar-refractivity contribution in [3.05, 3.63) is 113 Å². The molecule has 0 bridgehead atoms. The molecule has 1 amide bonds. The van der Waals surface area contributed by atoms with E-state index in [-0.39, 0.29) is 35.8 Å². The summed E-state index contributed by atoms with van der Waals surface area (Å²) >= 11 is 5.98. The lowest BCUT2D eigenvalue weighted by Crippen LogP contribution is -2.68. The second-order valence-electron chi connectivity index (χ2n) is 13.5. The van der Waals surface area contributed by atoms with Crippen LogP contribution in [0.4, 0.5) is 10.2 Å². The highest BCUT2D eigenvalue weighted by molar-refractivity contribution is 6.99. The molecule has 5 rings (SSSR count). The van der Waals surface area contributed by atoms with Crippen molar-refractivity contribution < 1.29 is 28.2 Å². The van der Waals surface area contributed by atoms with Crippen molar-refractivity contribution in [2.75, 3.05) is 25.1 Å². The van der Waals surface area contributed by atoms with Crippen LogP contribution in [0.3, 0.4) is 0 Å². The van der Waals surface area contributed by atoms with Crippen LogP contribution in [0.1, 0.15) is 61.6 Å². The van der Waals surface area contributed by atoms with E-state index in [2.05, 4.69) is 72.8 Å². The number of nitrogens with one attached hydrogen (secondary N) is 2. The monoisotopic (exact) mass is 718 g/mol. The third kappa shape index (κ3) is 8.76. The van der Waals surface area contributed by atoms with Gasteiger partial charge in [-0.05, 0) is 52.7 Å². The zero-order valence-corrected chi connectivity index (χ0v) is 30.4. The minimum Gasteiger partial charge on any atom is -0.480 e. The average molecular weight is 719 g/mol. The molecule has 2 atom stereocenters. The standard InChI is InChI=1S/C38H44ClFN4O5Si/c1-38(2,3)50(29-12-6-4-7-13-29,30-14-8-5-9-15-30)49-28(19-18-27-17-16-26-11-10-21-42-35(26)43-27)25-48-22-20-33(37(46)47)44-36(45)34-31(39)23-41-24-32(34)40/h4-9,12-17,23-24,28,33H,10-11,18-22,25H2,1-3H3,(H,42,43)(H,44,45)(H,46,47). The fraction of sp³-hybridized carbons (Fsp3) is 0.368. The highest BCUT2D eigenvalue weighted by Gasteiger charge is 2.51. The van der Waals surface area contributed by atoms with Gasteiger partial charge in [-0.2, -0.15) is 0 Å². The highest BCUT2D eigenvalue weighted by Crippen LogP contribution is 2.38. The molecule has 0 fully saturated rings. The first-order chi connectivity index (χ1) is 24.0. The van der Waals surface area contributed by atoms with E-state index in [1.807, 2.05) is 36.4 Å². The summed E-state index contributed by atoms with van der Waals surface area (Å²) in [6.45, 7) is 7.73. The number of hydrogen-bond acceptors (Lipinski definition) is 7. The van der Waals surface area contributed by atoms with Crippen molar-refractivity contribution >= 4 is 48.0 Å². The third-order valence-electron chi connectivity index (χ3n) is 8.97. The van der Waals surface area contributed by atoms with Gasteiger partial charge in [0.05, 0.1) is 29.5 Å². The summed E-state index contributed by atoms with van der Waals surface area (Å²) in [5.74, 6) is -2.23. The van der Waals surface area contributed by atoms with Crippen molar-refractivity contribution in [1.82, 2.24) is 15.3 Å². The predicted molar refractivity (Wildman–Crippen MR) is 195 cm³/mol. The number of carbonyl (C=O) groups excluding carboxylic acids is 1. The molecule has 2 unspecified atom stereocenters. The van der Waals surface area contributed by atoms with Gasteiger partial charge >= 0.3 is 5.97 Å². The van der Waals surface area contributed by atoms with Crippen molar-refractivity contribution in [2.24, 2.45) is 0 Å². The minimum absolute atomic E-state index is 0.00539. The van der Waals surface area contributed by atoms with E-state index in [1.54, 1.807) is 0 Å². The molecule has 9 nitrogen and oxygen atoms in total. The van der Waals surface area contributed by atoms with Crippen LogP contribution < -0.4 is 21.0 Å². The number of fused-ring (bicyclic) bond motifs is 1. The highest BCUT2D eigenvalue weighted by atomic mass is 35.5. The maximum Gasteiger partial charge on any atom is 0.326 e. The number of aliphatic carboxylic acids is 1. The summed E-state index contributed by atoms with van der Waals surface area (Å²) < 4.78 is 27.9. The van der Waals surface area contributed by atoms with Crippen molar-refractivity contribution in [2.45, 2.75) is 70.1 Å². The normalized spacial score (nSPS) is 14.3. The third-order valence-corrected chi connectivity index (χ3v) is 14.4. The Bertz CT molecular complexity index is 1700. The second kappa shape index (κ2) is 16.7. The van der Waals surface area contributed by atoms with Gasteiger partial charge in [0.15, 0.2) is 5.82 Å². The maximum atomic E-state index is 14.3. The Balaban J connectivity index is 1.37. The Morgan fingerprint density at radius 3 is 2.32 bits per heavy atom. The fourth-order valence-electron chi connectivity index (χ4n) is 6.47. The molecule has 3 N–H and O–H groups in total. The minimum atomic E-state index is -2.96. The Labute approximate surface area is 298 Å². The molecule has 4 aromatic rings. The molecule has 0 radical (unpaired) electrons. The van der Waals surface area contributed by atoms with Crippen LogP contribution in [0.15, 0.2) is 85.2 Å². The second-order valence-corrected chi connectivity index (χ2v) is 18.1. The van der Waals surface area contributed by atoms with E-state index in [1.165, 1.54) is 5.56 Å². The number of ether oxygens (including phenoxy) is 1. The summed E-state index contributed by atoms with van der Waals surface area (Å²) in [5, 5.41) is 17.4. The van der Waals surface area contributed by atoms with Crippen LogP contribution in [0.2, 0.25) is 10.1 Å². The number of carbonyl (C=O) groups is 2. The summed E-state index contributed by atoms with van der Waals surface area (Å²) in [6, 6.07) is 23.6. The number of pyridine rings is 2. The Morgan fingerprint density at radius 1 is 1.02 bits per heavy atom. The van der Waals surface area contributed by atoms with E-state index in [0.717, 1.165) is 53.7 Å². The molecule has 1 aliphatic heterocycles. The molecule has 3 heterocycles. The molecule has 264 valence electrons. The number of carboxylic acids is 1. The number of carboxylic acid groups (broad SMARTS) is 1. The lowest BCUT2D eigenvalue weighted by atomic mass is 10.1. The summed E-state index contributed by atoms with van der Waals surface area (Å²) in [7, 11) is -2.96. The van der Waals surface area contributed by atoms with Crippen LogP contribution >= 0.6 is 11.6 Å². The molecule has 0 saturated carbocycles. The molecule has 2 aromatic carbocycles. The smallest absolute Gasteiger partial charge is 0.326 e. The number of anilines is 1. The number of aromatic nitrogens is 2. The Kier molecular flexibility index (Phi) is 12.4. The van der Waals surface area contributed by atoms with Gasteiger partial charge in [-0.25, -0.2) is 14.2 Å². The molecular weight excluding hydrogens is 675 g/mol. The lowest BCUT2D eigenvalue weighted by Gasteiger charge is -2.45. The van der Waals surface area contributed by atoms with Crippen LogP contribution in [0.5, 0.6) is 0 Å². The Morgan fingerprint density at radius 2 is 1.70 bits per heavy atom. The van der Waals surface area contributed by atoms with Crippen LogP contribution in [0.25, 0.3) is 0 Å². The van der Waals surface area contributed by atoms with Crippen molar-refractivity contribution in [3.63, 3.8) is 0 Å². The average Bonchev–Trinajstić information content (AvgIpc) is 3.10. The van der Waals surface area contributed by atoms with E-state index in [4.69, 9.17) is 25.7 Å². The molecule has 0 spiro atoms. The topological polar surface area (TPSA) is 123 Å². The van der Waals surface area contributed by atoms with Gasteiger partial charge in [0, 0.05) is 31.5 Å². The number of hydrogen-bond donors (Lipinski definition) is 3. The van der Waals surface area contributed by atoms with Crippen LogP contribution in [0, 0.1) is 5.82 Å². The van der Waals surface area contributed by atoms with Gasteiger partial charge in [0.1, 0.15) is 11.9 Å². The van der Waals surface area contributed by atoms with Gasteiger partial charge in [0.2, 0.25) is 0 Å². The zero-order valence-electron chi connectivity index (χ0n) is 28.6. The zero-order chi connectivity index (χ0) is 35.7. The lowest BCUT2D eigenvalue weighted by molar-refractivity contribution is -0.139. The number of amides is 1. The van der Waals surface area contributed by atoms with Gasteiger partial charge in [0.25, 0.3) is 14.2 Å².